The summed E-state index contributed by atoms with van der Waals surface area (Å²) in [4.78, 5) is 38.5. The van der Waals surface area contributed by atoms with Crippen molar-refractivity contribution in [1.82, 2.24) is 9.80 Å². The second-order valence-electron chi connectivity index (χ2n) is 6.10. The number of nitrogens with one attached hydrogen (secondary N) is 1. The summed E-state index contributed by atoms with van der Waals surface area (Å²) in [6, 6.07) is 5.28. The maximum Gasteiger partial charge on any atom is 0.308 e. The van der Waals surface area contributed by atoms with E-state index in [0.717, 1.165) is 0 Å². The fourth-order valence-corrected chi connectivity index (χ4v) is 2.76. The maximum absolute atomic E-state index is 12.9. The molecule has 25 heavy (non-hydrogen) atoms. The number of piperazine rings is 1. The van der Waals surface area contributed by atoms with Gasteiger partial charge in [-0.15, -0.1) is 0 Å². The van der Waals surface area contributed by atoms with Crippen LogP contribution in [0.25, 0.3) is 0 Å². The average Bonchev–Trinajstić information content (AvgIpc) is 2.56. The molecule has 2 rings (SSSR count). The van der Waals surface area contributed by atoms with E-state index in [4.69, 9.17) is 0 Å². The van der Waals surface area contributed by atoms with Crippen molar-refractivity contribution in [1.29, 1.82) is 0 Å². The Hall–Kier alpha value is -2.48. The summed E-state index contributed by atoms with van der Waals surface area (Å²) in [6.07, 6.45) is -0.167. The van der Waals surface area contributed by atoms with Crippen molar-refractivity contribution in [3.63, 3.8) is 0 Å². The second-order valence-corrected chi connectivity index (χ2v) is 6.10. The van der Waals surface area contributed by atoms with Gasteiger partial charge in [0, 0.05) is 51.8 Å². The Balaban J connectivity index is 1.86. The minimum absolute atomic E-state index is 0.00751. The van der Waals surface area contributed by atoms with Crippen LogP contribution in [0.2, 0.25) is 0 Å². The molecule has 2 N–H and O–H groups in total. The van der Waals surface area contributed by atoms with E-state index in [9.17, 15) is 23.9 Å². The van der Waals surface area contributed by atoms with E-state index in [-0.39, 0.29) is 18.9 Å². The zero-order valence-corrected chi connectivity index (χ0v) is 14.1. The van der Waals surface area contributed by atoms with Crippen LogP contribution < -0.4 is 5.32 Å². The molecule has 0 bridgehead atoms. The second kappa shape index (κ2) is 8.57. The molecule has 1 heterocycles. The van der Waals surface area contributed by atoms with Gasteiger partial charge in [0.15, 0.2) is 0 Å². The van der Waals surface area contributed by atoms with E-state index < -0.39 is 23.6 Å². The molecule has 0 saturated carbocycles. The van der Waals surface area contributed by atoms with Crippen LogP contribution in [-0.4, -0.2) is 65.4 Å². The zero-order chi connectivity index (χ0) is 18.4. The first-order chi connectivity index (χ1) is 11.8. The third kappa shape index (κ3) is 5.82. The molecule has 1 aliphatic rings. The number of carboxylic acids is 1. The third-order valence-corrected chi connectivity index (χ3v) is 4.21. The Morgan fingerprint density at radius 2 is 1.76 bits per heavy atom. The first kappa shape index (κ1) is 18.9. The number of benzene rings is 1. The maximum atomic E-state index is 12.9. The van der Waals surface area contributed by atoms with Crippen molar-refractivity contribution in [2.45, 2.75) is 13.3 Å². The number of halogens is 1. The number of rotatable bonds is 6. The Bertz CT molecular complexity index is 627. The van der Waals surface area contributed by atoms with Gasteiger partial charge in [0.1, 0.15) is 5.82 Å². The number of nitrogens with zero attached hydrogens (tertiary/aromatic N) is 2. The topological polar surface area (TPSA) is 90.0 Å². The molecule has 1 aromatic rings. The van der Waals surface area contributed by atoms with Gasteiger partial charge in [-0.1, -0.05) is 0 Å². The molecule has 2 amide bonds. The van der Waals surface area contributed by atoms with Gasteiger partial charge < -0.3 is 15.3 Å². The first-order valence-corrected chi connectivity index (χ1v) is 8.11. The number of carbonyl (C=O) groups excluding carboxylic acids is 2. The van der Waals surface area contributed by atoms with Crippen LogP contribution in [0.5, 0.6) is 0 Å². The summed E-state index contributed by atoms with van der Waals surface area (Å²) in [7, 11) is 0. The highest BCUT2D eigenvalue weighted by Gasteiger charge is 2.26. The molecule has 1 atom stereocenters. The predicted octanol–water partition coefficient (Wildman–Crippen LogP) is 1.02. The number of hydrogen-bond donors (Lipinski definition) is 2. The lowest BCUT2D eigenvalue weighted by molar-refractivity contribution is -0.144. The van der Waals surface area contributed by atoms with Crippen LogP contribution >= 0.6 is 0 Å². The third-order valence-electron chi connectivity index (χ3n) is 4.21. The van der Waals surface area contributed by atoms with Crippen LogP contribution in [0.1, 0.15) is 13.3 Å². The van der Waals surface area contributed by atoms with Crippen molar-refractivity contribution in [2.75, 3.05) is 38.0 Å². The Kier molecular flexibility index (Phi) is 6.46. The Labute approximate surface area is 145 Å². The minimum atomic E-state index is -1.04. The van der Waals surface area contributed by atoms with Gasteiger partial charge in [-0.05, 0) is 24.3 Å². The van der Waals surface area contributed by atoms with Crippen molar-refractivity contribution in [3.05, 3.63) is 30.1 Å². The number of anilines is 1. The molecule has 1 aliphatic heterocycles. The molecule has 0 aromatic heterocycles. The molecular formula is C17H22FN3O4. The molecule has 7 nitrogen and oxygen atoms in total. The predicted molar refractivity (Wildman–Crippen MR) is 89.5 cm³/mol. The van der Waals surface area contributed by atoms with Crippen molar-refractivity contribution in [3.8, 4) is 0 Å². The highest BCUT2D eigenvalue weighted by molar-refractivity contribution is 5.93. The Morgan fingerprint density at radius 1 is 1.16 bits per heavy atom. The number of amides is 2. The molecule has 1 fully saturated rings. The summed E-state index contributed by atoms with van der Waals surface area (Å²) in [6.45, 7) is 4.05. The number of hydrogen-bond acceptors (Lipinski definition) is 4. The normalized spacial score (nSPS) is 16.3. The lowest BCUT2D eigenvalue weighted by Crippen LogP contribution is -2.50. The Morgan fingerprint density at radius 3 is 2.28 bits per heavy atom. The van der Waals surface area contributed by atoms with Crippen LogP contribution in [0.3, 0.4) is 0 Å². The lowest BCUT2D eigenvalue weighted by atomic mass is 10.0. The molecule has 0 radical (unpaired) electrons. The summed E-state index contributed by atoms with van der Waals surface area (Å²) in [5.74, 6) is -2.71. The van der Waals surface area contributed by atoms with Gasteiger partial charge in [0.2, 0.25) is 11.8 Å². The van der Waals surface area contributed by atoms with Crippen LogP contribution in [0, 0.1) is 11.7 Å². The average molecular weight is 351 g/mol. The summed E-state index contributed by atoms with van der Waals surface area (Å²) >= 11 is 0. The van der Waals surface area contributed by atoms with Crippen molar-refractivity contribution < 1.29 is 23.9 Å². The van der Waals surface area contributed by atoms with Crippen LogP contribution in [-0.2, 0) is 14.4 Å². The SMILES string of the molecule is CC(=O)N1CCN(C[C@H](CC(=O)Nc2ccc(F)cc2)C(=O)O)CC1. The van der Waals surface area contributed by atoms with E-state index in [1.807, 2.05) is 4.90 Å². The van der Waals surface area contributed by atoms with E-state index in [1.165, 1.54) is 31.2 Å². The van der Waals surface area contributed by atoms with E-state index in [0.29, 0.717) is 31.9 Å². The molecule has 1 aromatic carbocycles. The van der Waals surface area contributed by atoms with E-state index in [1.54, 1.807) is 4.90 Å². The van der Waals surface area contributed by atoms with Crippen LogP contribution in [0.4, 0.5) is 10.1 Å². The standard InChI is InChI=1S/C17H22FN3O4/c1-12(22)21-8-6-20(7-9-21)11-13(17(24)25)10-16(23)19-15-4-2-14(18)3-5-15/h2-5,13H,6-11H2,1H3,(H,19,23)(H,24,25)/t13-/m0/s1. The molecule has 1 saturated heterocycles. The molecule has 136 valence electrons. The smallest absolute Gasteiger partial charge is 0.308 e. The molecule has 0 aliphatic carbocycles. The lowest BCUT2D eigenvalue weighted by Gasteiger charge is -2.35. The quantitative estimate of drug-likeness (QED) is 0.799. The minimum Gasteiger partial charge on any atom is -0.481 e. The van der Waals surface area contributed by atoms with Gasteiger partial charge in [-0.3, -0.25) is 19.3 Å². The van der Waals surface area contributed by atoms with E-state index >= 15 is 0 Å². The molecular weight excluding hydrogens is 329 g/mol. The highest BCUT2D eigenvalue weighted by atomic mass is 19.1. The number of aliphatic carboxylic acids is 1. The van der Waals surface area contributed by atoms with Crippen molar-refractivity contribution in [2.24, 2.45) is 5.92 Å². The summed E-state index contributed by atoms with van der Waals surface area (Å²) in [5, 5.41) is 11.9. The van der Waals surface area contributed by atoms with Gasteiger partial charge in [0.05, 0.1) is 5.92 Å². The molecule has 8 heteroatoms. The zero-order valence-electron chi connectivity index (χ0n) is 14.1. The van der Waals surface area contributed by atoms with E-state index in [2.05, 4.69) is 5.32 Å². The molecule has 0 unspecified atom stereocenters. The number of carboxylic acid groups (broad SMARTS) is 1. The fraction of sp³-hybridized carbons (Fsp3) is 0.471. The first-order valence-electron chi connectivity index (χ1n) is 8.11. The van der Waals surface area contributed by atoms with Crippen molar-refractivity contribution >= 4 is 23.5 Å². The molecule has 0 spiro atoms. The number of carbonyl (C=O) groups is 3. The summed E-state index contributed by atoms with van der Waals surface area (Å²) in [5.41, 5.74) is 0.422. The largest absolute Gasteiger partial charge is 0.481 e. The summed E-state index contributed by atoms with van der Waals surface area (Å²) < 4.78 is 12.9. The van der Waals surface area contributed by atoms with Gasteiger partial charge >= 0.3 is 5.97 Å². The monoisotopic (exact) mass is 351 g/mol. The van der Waals surface area contributed by atoms with Crippen LogP contribution in [0.15, 0.2) is 24.3 Å². The highest BCUT2D eigenvalue weighted by Crippen LogP contribution is 2.13. The van der Waals surface area contributed by atoms with Gasteiger partial charge in [-0.25, -0.2) is 4.39 Å². The fourth-order valence-electron chi connectivity index (χ4n) is 2.76. The van der Waals surface area contributed by atoms with Gasteiger partial charge in [0.25, 0.3) is 0 Å². The van der Waals surface area contributed by atoms with Gasteiger partial charge in [-0.2, -0.15) is 0 Å².